The molecule has 1 atom stereocenters. The second kappa shape index (κ2) is 10.6. The maximum Gasteiger partial charge on any atom is 0.240 e. The molecular weight excluding hydrogens is 460 g/mol. The molecule has 0 amide bonds. The molecule has 0 spiro atoms. The van der Waals surface area contributed by atoms with Crippen LogP contribution in [0.15, 0.2) is 77.7 Å². The van der Waals surface area contributed by atoms with Gasteiger partial charge in [-0.2, -0.15) is 0 Å². The number of nitrogens with zero attached hydrogens (tertiary/aromatic N) is 2. The van der Waals surface area contributed by atoms with Gasteiger partial charge in [0.1, 0.15) is 11.5 Å². The third-order valence-corrected chi connectivity index (χ3v) is 7.34. The Morgan fingerprint density at radius 3 is 2.21 bits per heavy atom. The molecule has 0 aliphatic carbocycles. The lowest BCUT2D eigenvalue weighted by atomic mass is 10.0. The van der Waals surface area contributed by atoms with Crippen LogP contribution in [0.2, 0.25) is 0 Å². The minimum atomic E-state index is -3.88. The number of para-hydroxylation sites is 1. The molecule has 0 bridgehead atoms. The molecule has 0 saturated carbocycles. The Labute approximate surface area is 198 Å². The molecule has 4 rings (SSSR count). The summed E-state index contributed by atoms with van der Waals surface area (Å²) in [5.41, 5.74) is 0.138. The molecule has 6 nitrogen and oxygen atoms in total. The normalized spacial score (nSPS) is 16.3. The Morgan fingerprint density at radius 1 is 0.882 bits per heavy atom. The predicted molar refractivity (Wildman–Crippen MR) is 126 cm³/mol. The molecule has 1 saturated heterocycles. The van der Waals surface area contributed by atoms with E-state index in [0.717, 1.165) is 19.2 Å². The Morgan fingerprint density at radius 2 is 1.53 bits per heavy atom. The molecule has 34 heavy (non-hydrogen) atoms. The van der Waals surface area contributed by atoms with Crippen LogP contribution in [-0.4, -0.2) is 58.0 Å². The summed E-state index contributed by atoms with van der Waals surface area (Å²) in [4.78, 5) is 4.18. The quantitative estimate of drug-likeness (QED) is 0.520. The first-order valence-corrected chi connectivity index (χ1v) is 12.5. The zero-order chi connectivity index (χ0) is 24.1. The van der Waals surface area contributed by atoms with Gasteiger partial charge in [-0.05, 0) is 49.5 Å². The Kier molecular flexibility index (Phi) is 7.57. The molecule has 1 unspecified atom stereocenters. The summed E-state index contributed by atoms with van der Waals surface area (Å²) < 4.78 is 62.8. The van der Waals surface area contributed by atoms with Crippen LogP contribution >= 0.6 is 0 Å². The fourth-order valence-electron chi connectivity index (χ4n) is 3.93. The average molecular weight is 488 g/mol. The molecule has 3 aromatic carbocycles. The molecule has 1 aliphatic heterocycles. The van der Waals surface area contributed by atoms with Crippen molar-refractivity contribution < 1.29 is 21.9 Å². The van der Waals surface area contributed by atoms with E-state index in [2.05, 4.69) is 9.62 Å². The van der Waals surface area contributed by atoms with Crippen molar-refractivity contribution in [2.24, 2.45) is 0 Å². The van der Waals surface area contributed by atoms with Crippen LogP contribution in [0.1, 0.15) is 11.6 Å². The van der Waals surface area contributed by atoms with E-state index in [9.17, 15) is 17.2 Å². The summed E-state index contributed by atoms with van der Waals surface area (Å²) in [7, 11) is -1.90. The number of piperazine rings is 1. The minimum absolute atomic E-state index is 0.0600. The Balaban J connectivity index is 1.50. The van der Waals surface area contributed by atoms with Crippen molar-refractivity contribution >= 4 is 10.0 Å². The molecule has 1 N–H and O–H groups in total. The molecule has 1 aliphatic rings. The predicted octanol–water partition coefficient (Wildman–Crippen LogP) is 4.02. The topological polar surface area (TPSA) is 61.9 Å². The van der Waals surface area contributed by atoms with Gasteiger partial charge in [0.25, 0.3) is 0 Å². The summed E-state index contributed by atoms with van der Waals surface area (Å²) in [5.74, 6) is -0.757. The van der Waals surface area contributed by atoms with Gasteiger partial charge in [0.2, 0.25) is 10.0 Å². The zero-order valence-corrected chi connectivity index (χ0v) is 19.6. The van der Waals surface area contributed by atoms with E-state index in [4.69, 9.17) is 4.74 Å². The van der Waals surface area contributed by atoms with Crippen LogP contribution in [0, 0.1) is 11.6 Å². The monoisotopic (exact) mass is 487 g/mol. The van der Waals surface area contributed by atoms with Crippen molar-refractivity contribution in [3.63, 3.8) is 0 Å². The third-order valence-electron chi connectivity index (χ3n) is 5.90. The standard InChI is InChI=1S/C25H27F2N3O3S/c1-29-14-16-30(17-15-29)24(22-8-5-9-23(26)25(22)27)18-28-34(31,32)21-12-10-20(11-13-21)33-19-6-3-2-4-7-19/h2-13,24,28H,14-18H2,1H3. The number of hydrogen-bond donors (Lipinski definition) is 1. The fourth-order valence-corrected chi connectivity index (χ4v) is 4.97. The highest BCUT2D eigenvalue weighted by molar-refractivity contribution is 7.89. The van der Waals surface area contributed by atoms with Gasteiger partial charge in [-0.1, -0.05) is 30.3 Å². The summed E-state index contributed by atoms with van der Waals surface area (Å²) in [5, 5.41) is 0. The van der Waals surface area contributed by atoms with Gasteiger partial charge in [-0.15, -0.1) is 0 Å². The van der Waals surface area contributed by atoms with Crippen LogP contribution in [0.4, 0.5) is 8.78 Å². The SMILES string of the molecule is CN1CCN(C(CNS(=O)(=O)c2ccc(Oc3ccccc3)cc2)c2cccc(F)c2F)CC1. The maximum atomic E-state index is 14.6. The van der Waals surface area contributed by atoms with Gasteiger partial charge < -0.3 is 9.64 Å². The number of likely N-dealkylation sites (N-methyl/N-ethyl adjacent to an activating group) is 1. The molecule has 0 aromatic heterocycles. The number of hydrogen-bond acceptors (Lipinski definition) is 5. The van der Waals surface area contributed by atoms with E-state index in [0.29, 0.717) is 24.6 Å². The summed E-state index contributed by atoms with van der Waals surface area (Å²) >= 11 is 0. The van der Waals surface area contributed by atoms with Crippen molar-refractivity contribution in [1.29, 1.82) is 0 Å². The molecule has 9 heteroatoms. The maximum absolute atomic E-state index is 14.6. The van der Waals surface area contributed by atoms with E-state index in [1.165, 1.54) is 24.3 Å². The van der Waals surface area contributed by atoms with Gasteiger partial charge in [0, 0.05) is 38.3 Å². The fraction of sp³-hybridized carbons (Fsp3) is 0.280. The molecular formula is C25H27F2N3O3S. The van der Waals surface area contributed by atoms with Gasteiger partial charge in [0.05, 0.1) is 10.9 Å². The van der Waals surface area contributed by atoms with E-state index in [1.807, 2.05) is 30.1 Å². The van der Waals surface area contributed by atoms with Crippen molar-refractivity contribution in [3.05, 3.63) is 90.0 Å². The number of rotatable bonds is 8. The first-order valence-electron chi connectivity index (χ1n) is 11.0. The average Bonchev–Trinajstić information content (AvgIpc) is 2.84. The van der Waals surface area contributed by atoms with Gasteiger partial charge in [-0.3, -0.25) is 4.90 Å². The number of sulfonamides is 1. The van der Waals surface area contributed by atoms with Gasteiger partial charge >= 0.3 is 0 Å². The van der Waals surface area contributed by atoms with E-state index >= 15 is 0 Å². The molecule has 1 fully saturated rings. The molecule has 3 aromatic rings. The summed E-state index contributed by atoms with van der Waals surface area (Å²) in [6, 6.07) is 18.6. The van der Waals surface area contributed by atoms with E-state index in [1.54, 1.807) is 24.3 Å². The summed E-state index contributed by atoms with van der Waals surface area (Å²) in [6.45, 7) is 2.65. The smallest absolute Gasteiger partial charge is 0.240 e. The van der Waals surface area contributed by atoms with Crippen molar-refractivity contribution in [2.75, 3.05) is 39.8 Å². The number of benzene rings is 3. The number of ether oxygens (including phenoxy) is 1. The lowest BCUT2D eigenvalue weighted by Gasteiger charge is -2.38. The van der Waals surface area contributed by atoms with E-state index < -0.39 is 27.7 Å². The number of halogens is 2. The van der Waals surface area contributed by atoms with Crippen LogP contribution in [0.5, 0.6) is 11.5 Å². The van der Waals surface area contributed by atoms with Crippen LogP contribution in [0.25, 0.3) is 0 Å². The second-order valence-electron chi connectivity index (χ2n) is 8.24. The second-order valence-corrected chi connectivity index (χ2v) is 10.0. The summed E-state index contributed by atoms with van der Waals surface area (Å²) in [6.07, 6.45) is 0. The Bertz CT molecular complexity index is 1200. The minimum Gasteiger partial charge on any atom is -0.457 e. The van der Waals surface area contributed by atoms with Crippen molar-refractivity contribution in [1.82, 2.24) is 14.5 Å². The zero-order valence-electron chi connectivity index (χ0n) is 18.8. The van der Waals surface area contributed by atoms with Crippen LogP contribution in [0.3, 0.4) is 0 Å². The largest absolute Gasteiger partial charge is 0.457 e. The van der Waals surface area contributed by atoms with Crippen LogP contribution < -0.4 is 9.46 Å². The van der Waals surface area contributed by atoms with Crippen LogP contribution in [-0.2, 0) is 10.0 Å². The lowest BCUT2D eigenvalue weighted by Crippen LogP contribution is -2.48. The Hall–Kier alpha value is -2.85. The van der Waals surface area contributed by atoms with Gasteiger partial charge in [0.15, 0.2) is 11.6 Å². The van der Waals surface area contributed by atoms with Crippen molar-refractivity contribution in [2.45, 2.75) is 10.9 Å². The lowest BCUT2D eigenvalue weighted by molar-refractivity contribution is 0.110. The first-order chi connectivity index (χ1) is 16.3. The van der Waals surface area contributed by atoms with Gasteiger partial charge in [-0.25, -0.2) is 21.9 Å². The molecule has 180 valence electrons. The van der Waals surface area contributed by atoms with E-state index in [-0.39, 0.29) is 17.0 Å². The highest BCUT2D eigenvalue weighted by atomic mass is 32.2. The molecule has 0 radical (unpaired) electrons. The first kappa shape index (κ1) is 24.3. The highest BCUT2D eigenvalue weighted by Crippen LogP contribution is 2.27. The van der Waals surface area contributed by atoms with Crippen molar-refractivity contribution in [3.8, 4) is 11.5 Å². The molecule has 1 heterocycles. The highest BCUT2D eigenvalue weighted by Gasteiger charge is 2.28. The number of nitrogens with one attached hydrogen (secondary N) is 1. The third kappa shape index (κ3) is 5.79.